The number of hydrogen-bond acceptors (Lipinski definition) is 5. The van der Waals surface area contributed by atoms with Gasteiger partial charge in [-0.2, -0.15) is 0 Å². The van der Waals surface area contributed by atoms with Gasteiger partial charge >= 0.3 is 0 Å². The zero-order chi connectivity index (χ0) is 21.3. The van der Waals surface area contributed by atoms with Crippen LogP contribution in [0.3, 0.4) is 0 Å². The molecule has 5 nitrogen and oxygen atoms in total. The van der Waals surface area contributed by atoms with Crippen molar-refractivity contribution in [1.29, 1.82) is 0 Å². The van der Waals surface area contributed by atoms with Crippen molar-refractivity contribution in [2.45, 2.75) is 26.7 Å². The molecular weight excluding hydrogens is 384 g/mol. The molecule has 3 aromatic rings. The van der Waals surface area contributed by atoms with Crippen LogP contribution < -0.4 is 15.9 Å². The van der Waals surface area contributed by atoms with E-state index >= 15 is 0 Å². The second kappa shape index (κ2) is 8.10. The van der Waals surface area contributed by atoms with E-state index < -0.39 is 11.6 Å². The van der Waals surface area contributed by atoms with Gasteiger partial charge in [0.25, 0.3) is 0 Å². The van der Waals surface area contributed by atoms with Gasteiger partial charge in [-0.25, -0.2) is 28.7 Å². The summed E-state index contributed by atoms with van der Waals surface area (Å²) in [6, 6.07) is 4.26. The van der Waals surface area contributed by atoms with Crippen molar-refractivity contribution in [2.24, 2.45) is 5.92 Å². The Kier molecular flexibility index (Phi) is 5.35. The number of nitrogens with one attached hydrogen (secondary N) is 1. The molecule has 3 heterocycles. The Morgan fingerprint density at radius 3 is 2.67 bits per heavy atom. The summed E-state index contributed by atoms with van der Waals surface area (Å²) in [6.07, 6.45) is 8.73. The van der Waals surface area contributed by atoms with Crippen molar-refractivity contribution < 1.29 is 8.78 Å². The molecule has 0 radical (unpaired) electrons. The smallest absolute Gasteiger partial charge is 0.168 e. The largest absolute Gasteiger partial charge is 0.322 e. The molecule has 7 heteroatoms. The SMILES string of the molecule is C=C/C(=c1/c(C)nc(-c2ccnc(Nc3ncc(F)cc3F)c2)n/c1=C/C)C1CC1. The maximum Gasteiger partial charge on any atom is 0.168 e. The van der Waals surface area contributed by atoms with E-state index in [0.29, 0.717) is 17.6 Å². The number of allylic oxidation sites excluding steroid dienone is 1. The van der Waals surface area contributed by atoms with Crippen LogP contribution in [-0.2, 0) is 0 Å². The lowest BCUT2D eigenvalue weighted by atomic mass is 10.1. The van der Waals surface area contributed by atoms with Crippen molar-refractivity contribution >= 4 is 23.3 Å². The van der Waals surface area contributed by atoms with E-state index in [-0.39, 0.29) is 5.82 Å². The van der Waals surface area contributed by atoms with Crippen LogP contribution in [0.25, 0.3) is 23.0 Å². The van der Waals surface area contributed by atoms with E-state index in [1.165, 1.54) is 18.4 Å². The second-order valence-electron chi connectivity index (χ2n) is 7.15. The Hall–Kier alpha value is -3.48. The quantitative estimate of drug-likeness (QED) is 0.699. The fourth-order valence-corrected chi connectivity index (χ4v) is 3.42. The van der Waals surface area contributed by atoms with E-state index in [0.717, 1.165) is 34.1 Å². The first kappa shape index (κ1) is 19.8. The molecule has 4 rings (SSSR count). The van der Waals surface area contributed by atoms with Crippen molar-refractivity contribution in [2.75, 3.05) is 5.32 Å². The second-order valence-corrected chi connectivity index (χ2v) is 7.15. The standard InChI is InChI=1S/C23H21F2N5/c1-4-17(14-6-7-14)21-13(3)28-22(29-19(21)5-2)15-8-9-26-20(10-15)30-23-18(25)11-16(24)12-27-23/h4-5,8-12,14H,1,6-7H2,2-3H3,(H,26,27,30)/b19-5+,21-17+. The molecule has 0 atom stereocenters. The summed E-state index contributed by atoms with van der Waals surface area (Å²) in [7, 11) is 0. The molecule has 0 amide bonds. The zero-order valence-electron chi connectivity index (χ0n) is 16.8. The highest BCUT2D eigenvalue weighted by molar-refractivity contribution is 5.65. The zero-order valence-corrected chi connectivity index (χ0v) is 16.8. The summed E-state index contributed by atoms with van der Waals surface area (Å²) in [5, 5.41) is 4.67. The molecule has 1 saturated carbocycles. The predicted molar refractivity (Wildman–Crippen MR) is 113 cm³/mol. The summed E-state index contributed by atoms with van der Waals surface area (Å²) in [4.78, 5) is 17.4. The normalized spacial score (nSPS) is 15.1. The van der Waals surface area contributed by atoms with Gasteiger partial charge in [0.15, 0.2) is 17.5 Å². The van der Waals surface area contributed by atoms with Crippen molar-refractivity contribution in [3.63, 3.8) is 0 Å². The third-order valence-electron chi connectivity index (χ3n) is 4.99. The molecule has 1 aliphatic rings. The fraction of sp³-hybridized carbons (Fsp3) is 0.217. The Labute approximate surface area is 173 Å². The van der Waals surface area contributed by atoms with Crippen LogP contribution in [-0.4, -0.2) is 19.9 Å². The fourth-order valence-electron chi connectivity index (χ4n) is 3.42. The number of aryl methyl sites for hydroxylation is 1. The number of aromatic nitrogens is 4. The van der Waals surface area contributed by atoms with Gasteiger partial charge in [-0.3, -0.25) is 0 Å². The van der Waals surface area contributed by atoms with Crippen LogP contribution in [0.2, 0.25) is 0 Å². The molecule has 0 aromatic carbocycles. The molecule has 1 aliphatic carbocycles. The molecule has 1 fully saturated rings. The van der Waals surface area contributed by atoms with E-state index in [4.69, 9.17) is 9.97 Å². The van der Waals surface area contributed by atoms with Gasteiger partial charge in [-0.1, -0.05) is 18.7 Å². The number of pyridine rings is 2. The van der Waals surface area contributed by atoms with Gasteiger partial charge in [-0.15, -0.1) is 0 Å². The molecule has 0 bridgehead atoms. The molecule has 0 unspecified atom stereocenters. The molecule has 3 aromatic heterocycles. The van der Waals surface area contributed by atoms with Crippen LogP contribution in [0, 0.1) is 24.5 Å². The number of halogens is 2. The molecule has 30 heavy (non-hydrogen) atoms. The van der Waals surface area contributed by atoms with Crippen molar-refractivity contribution in [3.8, 4) is 11.4 Å². The average molecular weight is 405 g/mol. The first-order valence-corrected chi connectivity index (χ1v) is 9.72. The summed E-state index contributed by atoms with van der Waals surface area (Å²) >= 11 is 0. The van der Waals surface area contributed by atoms with Gasteiger partial charge in [0, 0.05) is 28.7 Å². The molecule has 0 aliphatic heterocycles. The molecule has 0 spiro atoms. The lowest BCUT2D eigenvalue weighted by Gasteiger charge is -2.09. The van der Waals surface area contributed by atoms with Gasteiger partial charge in [0.1, 0.15) is 11.6 Å². The van der Waals surface area contributed by atoms with E-state index in [1.807, 2.05) is 26.0 Å². The molecule has 0 saturated heterocycles. The number of anilines is 2. The highest BCUT2D eigenvalue weighted by atomic mass is 19.1. The highest BCUT2D eigenvalue weighted by Gasteiger charge is 2.25. The third kappa shape index (κ3) is 3.96. The number of rotatable bonds is 5. The maximum atomic E-state index is 13.9. The van der Waals surface area contributed by atoms with E-state index in [2.05, 4.69) is 21.9 Å². The summed E-state index contributed by atoms with van der Waals surface area (Å²) in [5.74, 6) is -0.214. The summed E-state index contributed by atoms with van der Waals surface area (Å²) in [6.45, 7) is 7.90. The monoisotopic (exact) mass is 405 g/mol. The number of hydrogen-bond donors (Lipinski definition) is 1. The Balaban J connectivity index is 1.76. The van der Waals surface area contributed by atoms with E-state index in [1.54, 1.807) is 18.3 Å². The Morgan fingerprint density at radius 1 is 1.20 bits per heavy atom. The lowest BCUT2D eigenvalue weighted by molar-refractivity contribution is 0.576. The van der Waals surface area contributed by atoms with Gasteiger partial charge < -0.3 is 5.32 Å². The topological polar surface area (TPSA) is 63.6 Å². The van der Waals surface area contributed by atoms with Crippen LogP contribution in [0.1, 0.15) is 25.5 Å². The maximum absolute atomic E-state index is 13.9. The predicted octanol–water partition coefficient (Wildman–Crippen LogP) is 3.81. The minimum Gasteiger partial charge on any atom is -0.322 e. The Morgan fingerprint density at radius 2 is 2.00 bits per heavy atom. The first-order valence-electron chi connectivity index (χ1n) is 9.72. The van der Waals surface area contributed by atoms with Crippen LogP contribution in [0.15, 0.2) is 43.2 Å². The van der Waals surface area contributed by atoms with Gasteiger partial charge in [0.2, 0.25) is 0 Å². The minimum atomic E-state index is -0.797. The van der Waals surface area contributed by atoms with Crippen LogP contribution in [0.5, 0.6) is 0 Å². The van der Waals surface area contributed by atoms with Crippen LogP contribution in [0.4, 0.5) is 20.4 Å². The van der Waals surface area contributed by atoms with Crippen LogP contribution >= 0.6 is 0 Å². The Bertz CT molecular complexity index is 1250. The molecule has 1 N–H and O–H groups in total. The third-order valence-corrected chi connectivity index (χ3v) is 4.99. The minimum absolute atomic E-state index is 0.106. The number of nitrogens with zero attached hydrogens (tertiary/aromatic N) is 4. The van der Waals surface area contributed by atoms with Crippen molar-refractivity contribution in [3.05, 3.63) is 71.1 Å². The average Bonchev–Trinajstić information content (AvgIpc) is 3.57. The summed E-state index contributed by atoms with van der Waals surface area (Å²) in [5.41, 5.74) is 2.80. The summed E-state index contributed by atoms with van der Waals surface area (Å²) < 4.78 is 27.0. The highest BCUT2D eigenvalue weighted by Crippen LogP contribution is 2.37. The van der Waals surface area contributed by atoms with E-state index in [9.17, 15) is 8.78 Å². The van der Waals surface area contributed by atoms with Gasteiger partial charge in [0.05, 0.1) is 11.5 Å². The lowest BCUT2D eigenvalue weighted by Crippen LogP contribution is -2.34. The molecular formula is C23H21F2N5. The van der Waals surface area contributed by atoms with Gasteiger partial charge in [-0.05, 0) is 50.3 Å². The first-order chi connectivity index (χ1) is 14.5. The van der Waals surface area contributed by atoms with Crippen molar-refractivity contribution in [1.82, 2.24) is 19.9 Å². The molecule has 152 valence electrons.